The maximum Gasteiger partial charge on any atom is 0.311 e. The Bertz CT molecular complexity index is 1150. The first-order chi connectivity index (χ1) is 13.0. The number of carbonyl (C=O) groups is 1. The van der Waals surface area contributed by atoms with Crippen LogP contribution in [0, 0.1) is 0 Å². The van der Waals surface area contributed by atoms with Crippen molar-refractivity contribution in [3.05, 3.63) is 48.7 Å². The highest BCUT2D eigenvalue weighted by atomic mass is 32.2. The van der Waals surface area contributed by atoms with Crippen LogP contribution < -0.4 is 11.1 Å². The smallest absolute Gasteiger partial charge is 0.311 e. The van der Waals surface area contributed by atoms with Gasteiger partial charge in [-0.15, -0.1) is 11.3 Å². The number of rotatable bonds is 5. The van der Waals surface area contributed by atoms with E-state index in [0.717, 1.165) is 29.7 Å². The first-order valence-corrected chi connectivity index (χ1v) is 10.2. The second-order valence-corrected chi connectivity index (χ2v) is 8.18. The topological polar surface area (TPSA) is 118 Å². The van der Waals surface area contributed by atoms with Crippen molar-refractivity contribution >= 4 is 39.3 Å². The minimum absolute atomic E-state index is 0.0736. The van der Waals surface area contributed by atoms with Crippen LogP contribution in [0.25, 0.3) is 10.2 Å². The van der Waals surface area contributed by atoms with E-state index >= 15 is 0 Å². The number of thiophene rings is 1. The summed E-state index contributed by atoms with van der Waals surface area (Å²) in [5.74, 6) is 0.405. The van der Waals surface area contributed by atoms with Gasteiger partial charge in [0, 0.05) is 10.9 Å². The molecule has 0 spiro atoms. The fourth-order valence-corrected chi connectivity index (χ4v) is 5.16. The molecule has 2 N–H and O–H groups in total. The minimum atomic E-state index is -0.466. The van der Waals surface area contributed by atoms with E-state index in [-0.39, 0.29) is 17.5 Å². The summed E-state index contributed by atoms with van der Waals surface area (Å²) in [4.78, 5) is 51.9. The minimum Gasteiger partial charge on any atom is -0.469 e. The molecule has 0 radical (unpaired) electrons. The van der Waals surface area contributed by atoms with Crippen LogP contribution in [0.1, 0.15) is 28.4 Å². The zero-order valence-corrected chi connectivity index (χ0v) is 16.1. The number of aryl methyl sites for hydroxylation is 2. The third-order valence-corrected chi connectivity index (χ3v) is 6.37. The van der Waals surface area contributed by atoms with E-state index in [9.17, 15) is 14.4 Å². The number of carbonyl (C=O) groups excluding carboxylic acids is 1. The van der Waals surface area contributed by atoms with Gasteiger partial charge in [-0.1, -0.05) is 11.8 Å². The highest BCUT2D eigenvalue weighted by Crippen LogP contribution is 2.34. The number of hydrogen-bond donors (Lipinski definition) is 2. The lowest BCUT2D eigenvalue weighted by atomic mass is 10.2. The monoisotopic (exact) mass is 404 g/mol. The highest BCUT2D eigenvalue weighted by molar-refractivity contribution is 7.98. The summed E-state index contributed by atoms with van der Waals surface area (Å²) >= 11 is 2.82. The van der Waals surface area contributed by atoms with Gasteiger partial charge in [-0.3, -0.25) is 14.4 Å². The summed E-state index contributed by atoms with van der Waals surface area (Å²) < 4.78 is 4.60. The van der Waals surface area contributed by atoms with Gasteiger partial charge in [-0.25, -0.2) is 9.97 Å². The Morgan fingerprint density at radius 2 is 2.15 bits per heavy atom. The van der Waals surface area contributed by atoms with Crippen LogP contribution in [-0.2, 0) is 34.5 Å². The standard InChI is InChI=1S/C17H16N4O4S2/c1-25-13(23)6-8-5-12(22)21-17(18-8)26-7-11-19-15(24)14-9-3-2-4-10(9)27-16(14)20-11/h5H,2-4,6-7H2,1H3,(H,18,21,22)(H,19,20,24). The number of aromatic nitrogens is 4. The van der Waals surface area contributed by atoms with E-state index in [1.807, 2.05) is 0 Å². The first-order valence-electron chi connectivity index (χ1n) is 8.37. The Balaban J connectivity index is 1.56. The molecule has 3 aromatic heterocycles. The van der Waals surface area contributed by atoms with E-state index in [2.05, 4.69) is 24.7 Å². The van der Waals surface area contributed by atoms with Gasteiger partial charge in [0.05, 0.1) is 30.4 Å². The van der Waals surface area contributed by atoms with Crippen LogP contribution in [0.4, 0.5) is 0 Å². The Hall–Kier alpha value is -2.46. The van der Waals surface area contributed by atoms with Crippen molar-refractivity contribution in [2.45, 2.75) is 36.6 Å². The molecule has 8 nitrogen and oxygen atoms in total. The summed E-state index contributed by atoms with van der Waals surface area (Å²) in [6.45, 7) is 0. The average molecular weight is 404 g/mol. The molecule has 1 aliphatic carbocycles. The Labute approximate surface area is 161 Å². The molecule has 0 saturated heterocycles. The molecule has 0 atom stereocenters. The van der Waals surface area contributed by atoms with Gasteiger partial charge in [-0.05, 0) is 24.8 Å². The molecule has 0 amide bonds. The molecule has 3 heterocycles. The molecule has 0 aliphatic heterocycles. The third-order valence-electron chi connectivity index (χ3n) is 4.30. The molecule has 1 aliphatic rings. The van der Waals surface area contributed by atoms with Gasteiger partial charge in [0.25, 0.3) is 11.1 Å². The van der Waals surface area contributed by atoms with E-state index in [0.29, 0.717) is 27.8 Å². The normalized spacial score (nSPS) is 13.1. The zero-order chi connectivity index (χ0) is 19.0. The molecule has 4 rings (SSSR count). The second kappa shape index (κ2) is 7.28. The Morgan fingerprint density at radius 3 is 2.96 bits per heavy atom. The van der Waals surface area contributed by atoms with Crippen molar-refractivity contribution < 1.29 is 9.53 Å². The average Bonchev–Trinajstić information content (AvgIpc) is 3.20. The van der Waals surface area contributed by atoms with E-state index in [4.69, 9.17) is 0 Å². The molecule has 10 heteroatoms. The van der Waals surface area contributed by atoms with Gasteiger partial charge >= 0.3 is 5.97 Å². The number of thioether (sulfide) groups is 1. The molecule has 0 bridgehead atoms. The van der Waals surface area contributed by atoms with Crippen LogP contribution in [0.5, 0.6) is 0 Å². The number of hydrogen-bond acceptors (Lipinski definition) is 8. The fourth-order valence-electron chi connectivity index (χ4n) is 3.11. The Morgan fingerprint density at radius 1 is 1.30 bits per heavy atom. The van der Waals surface area contributed by atoms with Gasteiger partial charge in [-0.2, -0.15) is 0 Å². The quantitative estimate of drug-likeness (QED) is 0.376. The second-order valence-electron chi connectivity index (χ2n) is 6.13. The van der Waals surface area contributed by atoms with E-state index < -0.39 is 5.97 Å². The first kappa shape index (κ1) is 17.9. The van der Waals surface area contributed by atoms with E-state index in [1.54, 1.807) is 11.3 Å². The van der Waals surface area contributed by atoms with Crippen molar-refractivity contribution in [3.8, 4) is 0 Å². The molecule has 0 unspecified atom stereocenters. The number of esters is 1. The van der Waals surface area contributed by atoms with Crippen molar-refractivity contribution in [3.63, 3.8) is 0 Å². The van der Waals surface area contributed by atoms with Crippen LogP contribution in [0.3, 0.4) is 0 Å². The molecule has 0 fully saturated rings. The van der Waals surface area contributed by atoms with E-state index in [1.165, 1.54) is 29.8 Å². The zero-order valence-electron chi connectivity index (χ0n) is 14.5. The van der Waals surface area contributed by atoms with Crippen molar-refractivity contribution in [2.24, 2.45) is 0 Å². The molecular weight excluding hydrogens is 388 g/mol. The maximum absolute atomic E-state index is 12.5. The number of aromatic amines is 2. The number of nitrogens with one attached hydrogen (secondary N) is 2. The van der Waals surface area contributed by atoms with Crippen molar-refractivity contribution in [1.29, 1.82) is 0 Å². The molecular formula is C17H16N4O4S2. The predicted molar refractivity (Wildman–Crippen MR) is 102 cm³/mol. The van der Waals surface area contributed by atoms with Crippen molar-refractivity contribution in [2.75, 3.05) is 7.11 Å². The molecule has 0 aromatic carbocycles. The van der Waals surface area contributed by atoms with Gasteiger partial charge in [0.15, 0.2) is 5.16 Å². The van der Waals surface area contributed by atoms with Crippen LogP contribution >= 0.6 is 23.1 Å². The van der Waals surface area contributed by atoms with Gasteiger partial charge in [0.2, 0.25) is 0 Å². The molecule has 27 heavy (non-hydrogen) atoms. The third kappa shape index (κ3) is 3.67. The lowest BCUT2D eigenvalue weighted by molar-refractivity contribution is -0.139. The highest BCUT2D eigenvalue weighted by Gasteiger charge is 2.21. The summed E-state index contributed by atoms with van der Waals surface area (Å²) in [7, 11) is 1.28. The lowest BCUT2D eigenvalue weighted by Gasteiger charge is -2.04. The molecule has 140 valence electrons. The lowest BCUT2D eigenvalue weighted by Crippen LogP contribution is -2.14. The van der Waals surface area contributed by atoms with Crippen molar-refractivity contribution in [1.82, 2.24) is 19.9 Å². The van der Waals surface area contributed by atoms with Crippen LogP contribution in [0.15, 0.2) is 20.8 Å². The largest absolute Gasteiger partial charge is 0.469 e. The number of H-pyrrole nitrogens is 2. The van der Waals surface area contributed by atoms with Crippen LogP contribution in [0.2, 0.25) is 0 Å². The number of methoxy groups -OCH3 is 1. The Kier molecular flexibility index (Phi) is 4.83. The number of ether oxygens (including phenoxy) is 1. The number of fused-ring (bicyclic) bond motifs is 3. The summed E-state index contributed by atoms with van der Waals surface area (Å²) in [6, 6.07) is 1.26. The summed E-state index contributed by atoms with van der Waals surface area (Å²) in [5, 5.41) is 1.07. The molecule has 3 aromatic rings. The molecule has 0 saturated carbocycles. The SMILES string of the molecule is COC(=O)Cc1cc(=O)[nH]c(SCc2nc3sc4c(c3c(=O)[nH]2)CCC4)n1. The van der Waals surface area contributed by atoms with Gasteiger partial charge in [0.1, 0.15) is 10.7 Å². The summed E-state index contributed by atoms with van der Waals surface area (Å²) in [6.07, 6.45) is 2.97. The van der Waals surface area contributed by atoms with Gasteiger partial charge < -0.3 is 14.7 Å². The van der Waals surface area contributed by atoms with Crippen LogP contribution in [-0.4, -0.2) is 33.0 Å². The summed E-state index contributed by atoms with van der Waals surface area (Å²) in [5.41, 5.74) is 1.01. The maximum atomic E-state index is 12.5. The number of nitrogens with zero attached hydrogens (tertiary/aromatic N) is 2. The predicted octanol–water partition coefficient (Wildman–Crippen LogP) is 1.56. The fraction of sp³-hybridized carbons (Fsp3) is 0.353.